The van der Waals surface area contributed by atoms with Crippen LogP contribution in [0.3, 0.4) is 0 Å². The minimum atomic E-state index is -0.259. The predicted octanol–water partition coefficient (Wildman–Crippen LogP) is 9.73. The summed E-state index contributed by atoms with van der Waals surface area (Å²) in [6, 6.07) is 7.87. The van der Waals surface area contributed by atoms with Crippen molar-refractivity contribution in [2.75, 3.05) is 0 Å². The summed E-state index contributed by atoms with van der Waals surface area (Å²) >= 11 is 12.4. The summed E-state index contributed by atoms with van der Waals surface area (Å²) in [6.45, 7) is 12.4. The van der Waals surface area contributed by atoms with Crippen LogP contribution >= 0.6 is 23.2 Å². The van der Waals surface area contributed by atoms with Crippen LogP contribution in [0.25, 0.3) is 0 Å². The first-order valence-corrected chi connectivity index (χ1v) is 14.8. The third-order valence-electron chi connectivity index (χ3n) is 10.8. The molecule has 2 saturated carbocycles. The minimum Gasteiger partial charge on any atom is -0.472 e. The van der Waals surface area contributed by atoms with Gasteiger partial charge in [0.15, 0.2) is 0 Å². The molecule has 2 aromatic rings. The number of hydrogen-bond donors (Lipinski definition) is 0. The molecule has 1 aromatic heterocycles. The van der Waals surface area contributed by atoms with Crippen LogP contribution < -0.4 is 0 Å². The molecule has 0 radical (unpaired) electrons. The highest BCUT2D eigenvalue weighted by molar-refractivity contribution is 6.42. The zero-order valence-corrected chi connectivity index (χ0v) is 24.9. The van der Waals surface area contributed by atoms with Gasteiger partial charge < -0.3 is 9.21 Å². The molecule has 1 heterocycles. The van der Waals surface area contributed by atoms with E-state index in [2.05, 4.69) is 53.0 Å². The molecule has 2 fully saturated rings. The molecule has 6 atom stereocenters. The molecule has 0 aliphatic heterocycles. The fourth-order valence-corrected chi connectivity index (χ4v) is 9.30. The first-order valence-electron chi connectivity index (χ1n) is 14.1. The number of hydrogen-bond acceptors (Lipinski definition) is 3. The molecule has 3 aliphatic carbocycles. The monoisotopic (exact) mass is 553 g/mol. The largest absolute Gasteiger partial charge is 0.472 e. The summed E-state index contributed by atoms with van der Waals surface area (Å²) in [5.41, 5.74) is 3.48. The molecule has 0 saturated heterocycles. The molecule has 204 valence electrons. The molecule has 5 rings (SSSR count). The van der Waals surface area contributed by atoms with Gasteiger partial charge in [0.1, 0.15) is 6.29 Å². The van der Waals surface area contributed by atoms with Crippen molar-refractivity contribution in [3.05, 3.63) is 69.6 Å². The van der Waals surface area contributed by atoms with E-state index in [-0.39, 0.29) is 27.6 Å². The van der Waals surface area contributed by atoms with Crippen LogP contribution in [-0.4, -0.2) is 12.5 Å². The molecule has 0 bridgehead atoms. The normalized spacial score (nSPS) is 36.7. The molecule has 3 aliphatic rings. The van der Waals surface area contributed by atoms with Gasteiger partial charge in [-0.05, 0) is 89.5 Å². The van der Waals surface area contributed by atoms with Gasteiger partial charge in [-0.15, -0.1) is 0 Å². The fourth-order valence-electron chi connectivity index (χ4n) is 8.98. The van der Waals surface area contributed by atoms with E-state index in [1.54, 1.807) is 6.26 Å². The van der Waals surface area contributed by atoms with Gasteiger partial charge in [-0.1, -0.05) is 82.0 Å². The summed E-state index contributed by atoms with van der Waals surface area (Å²) in [7, 11) is 0. The molecule has 0 N–H and O–H groups in total. The fraction of sp³-hybridized carbons (Fsp3) is 0.576. The van der Waals surface area contributed by atoms with Crippen molar-refractivity contribution >= 4 is 35.7 Å². The predicted molar refractivity (Wildman–Crippen MR) is 157 cm³/mol. The standard InChI is InChI=1S/C33H41Cl2NO2/c1-30(2)13-6-14-32(4,29(30)19-37)28-11-15-31(3)24(23-12-16-38-20-23)8-10-27(31)33(28,5)21-36-18-22-7-9-25(34)26(35)17-22/h7,9-10,12,16-17,19-21,24,28-29H,6,8,11,13-15,18H2,1-5H3/t24-,28?,29+,31-,32+,33?/m0/s1. The Morgan fingerprint density at radius 2 is 1.84 bits per heavy atom. The van der Waals surface area contributed by atoms with E-state index in [1.165, 1.54) is 17.4 Å². The summed E-state index contributed by atoms with van der Waals surface area (Å²) < 4.78 is 5.51. The van der Waals surface area contributed by atoms with Gasteiger partial charge in [0.05, 0.1) is 29.1 Å². The maximum Gasteiger partial charge on any atom is 0.124 e. The lowest BCUT2D eigenvalue weighted by molar-refractivity contribution is -0.132. The van der Waals surface area contributed by atoms with Crippen molar-refractivity contribution in [1.82, 2.24) is 0 Å². The van der Waals surface area contributed by atoms with Gasteiger partial charge in [-0.2, -0.15) is 0 Å². The highest BCUT2D eigenvalue weighted by Gasteiger charge is 2.61. The third-order valence-corrected chi connectivity index (χ3v) is 11.5. The number of allylic oxidation sites excluding steroid dienone is 2. The van der Waals surface area contributed by atoms with Crippen LogP contribution in [0.1, 0.15) is 90.2 Å². The molecule has 38 heavy (non-hydrogen) atoms. The van der Waals surface area contributed by atoms with E-state index < -0.39 is 0 Å². The number of furan rings is 1. The van der Waals surface area contributed by atoms with Gasteiger partial charge in [0.25, 0.3) is 0 Å². The second-order valence-electron chi connectivity index (χ2n) is 13.4. The molecule has 0 spiro atoms. The highest BCUT2D eigenvalue weighted by Crippen LogP contribution is 2.68. The Morgan fingerprint density at radius 1 is 1.05 bits per heavy atom. The number of carbonyl (C=O) groups is 1. The summed E-state index contributed by atoms with van der Waals surface area (Å²) in [4.78, 5) is 17.8. The maximum atomic E-state index is 12.7. The van der Waals surface area contributed by atoms with E-state index in [9.17, 15) is 4.79 Å². The van der Waals surface area contributed by atoms with Gasteiger partial charge in [0.2, 0.25) is 0 Å². The van der Waals surface area contributed by atoms with Crippen LogP contribution in [0.2, 0.25) is 10.0 Å². The van der Waals surface area contributed by atoms with E-state index >= 15 is 0 Å². The van der Waals surface area contributed by atoms with Crippen molar-refractivity contribution < 1.29 is 9.21 Å². The molecular weight excluding hydrogens is 513 g/mol. The van der Waals surface area contributed by atoms with E-state index in [0.717, 1.165) is 44.1 Å². The number of rotatable bonds is 6. The second kappa shape index (κ2) is 9.97. The summed E-state index contributed by atoms with van der Waals surface area (Å²) in [5, 5.41) is 1.12. The van der Waals surface area contributed by atoms with Gasteiger partial charge in [-0.3, -0.25) is 4.99 Å². The molecule has 1 aromatic carbocycles. The number of benzene rings is 1. The zero-order chi connectivity index (χ0) is 27.3. The van der Waals surface area contributed by atoms with Crippen molar-refractivity contribution in [2.24, 2.45) is 38.5 Å². The maximum absolute atomic E-state index is 12.7. The topological polar surface area (TPSA) is 42.6 Å². The number of aldehydes is 1. The van der Waals surface area contributed by atoms with Gasteiger partial charge in [-0.25, -0.2) is 0 Å². The molecule has 2 unspecified atom stereocenters. The SMILES string of the molecule is CC1(C=NCc2ccc(Cl)c(Cl)c2)C2=CC[C@@H](c3ccoc3)[C@]2(C)CCC1[C@@]1(C)CCCC(C)(C)[C@H]1C=O. The van der Waals surface area contributed by atoms with Crippen LogP contribution in [0.5, 0.6) is 0 Å². The van der Waals surface area contributed by atoms with E-state index in [0.29, 0.717) is 28.4 Å². The number of nitrogens with zero attached hydrogens (tertiary/aromatic N) is 1. The average molecular weight is 555 g/mol. The van der Waals surface area contributed by atoms with E-state index in [4.69, 9.17) is 32.6 Å². The highest BCUT2D eigenvalue weighted by atomic mass is 35.5. The first kappa shape index (κ1) is 27.7. The number of halogens is 2. The average Bonchev–Trinajstić information content (AvgIpc) is 3.49. The lowest BCUT2D eigenvalue weighted by atomic mass is 9.43. The van der Waals surface area contributed by atoms with E-state index in [1.807, 2.05) is 24.5 Å². The Hall–Kier alpha value is -1.84. The Kier molecular flexibility index (Phi) is 7.27. The second-order valence-corrected chi connectivity index (χ2v) is 14.2. The Morgan fingerprint density at radius 3 is 2.53 bits per heavy atom. The third kappa shape index (κ3) is 4.42. The molecule has 5 heteroatoms. The molecule has 3 nitrogen and oxygen atoms in total. The summed E-state index contributed by atoms with van der Waals surface area (Å²) in [6.07, 6.45) is 16.2. The number of carbonyl (C=O) groups excluding carboxylic acids is 1. The summed E-state index contributed by atoms with van der Waals surface area (Å²) in [5.74, 6) is 0.745. The Bertz CT molecular complexity index is 1250. The minimum absolute atomic E-state index is 0.00298. The van der Waals surface area contributed by atoms with Gasteiger partial charge in [0, 0.05) is 17.5 Å². The van der Waals surface area contributed by atoms with Crippen LogP contribution in [0.15, 0.2) is 57.9 Å². The smallest absolute Gasteiger partial charge is 0.124 e. The van der Waals surface area contributed by atoms with Crippen molar-refractivity contribution in [3.63, 3.8) is 0 Å². The lowest BCUT2D eigenvalue weighted by Crippen LogP contribution is -2.55. The van der Waals surface area contributed by atoms with Crippen LogP contribution in [0, 0.1) is 33.5 Å². The number of aliphatic imine (C=N–C) groups is 1. The Labute approximate surface area is 238 Å². The number of fused-ring (bicyclic) bond motifs is 1. The van der Waals surface area contributed by atoms with Crippen LogP contribution in [-0.2, 0) is 11.3 Å². The van der Waals surface area contributed by atoms with Crippen molar-refractivity contribution in [1.29, 1.82) is 0 Å². The quantitative estimate of drug-likeness (QED) is 0.203. The van der Waals surface area contributed by atoms with Crippen molar-refractivity contribution in [3.8, 4) is 0 Å². The molecule has 0 amide bonds. The van der Waals surface area contributed by atoms with Crippen LogP contribution in [0.4, 0.5) is 0 Å². The van der Waals surface area contributed by atoms with Crippen molar-refractivity contribution in [2.45, 2.75) is 85.6 Å². The molecular formula is C33H41Cl2NO2. The Balaban J connectivity index is 1.56. The van der Waals surface area contributed by atoms with Gasteiger partial charge >= 0.3 is 0 Å². The zero-order valence-electron chi connectivity index (χ0n) is 23.4. The first-order chi connectivity index (χ1) is 18.0. The lowest BCUT2D eigenvalue weighted by Gasteiger charge is -2.60.